The van der Waals surface area contributed by atoms with E-state index in [1.54, 1.807) is 7.05 Å². The summed E-state index contributed by atoms with van der Waals surface area (Å²) in [6.45, 7) is 0. The molecule has 0 bridgehead atoms. The summed E-state index contributed by atoms with van der Waals surface area (Å²) >= 11 is 4.30. The monoisotopic (exact) mass is 93.0 g/mol. The van der Waals surface area contributed by atoms with E-state index >= 15 is 0 Å². The van der Waals surface area contributed by atoms with Gasteiger partial charge in [-0.05, 0) is 0 Å². The van der Waals surface area contributed by atoms with Gasteiger partial charge in [-0.3, -0.25) is 0 Å². The molecule has 0 atom stereocenters. The Labute approximate surface area is 33.4 Å². The maximum atomic E-state index is 4.30. The van der Waals surface area contributed by atoms with Gasteiger partial charge in [0.25, 0.3) is 0 Å². The molecule has 0 radical (unpaired) electrons. The summed E-state index contributed by atoms with van der Waals surface area (Å²) in [6.07, 6.45) is 0. The molecule has 0 heterocycles. The fourth-order valence-corrected chi connectivity index (χ4v) is 0. The largest absolute Gasteiger partial charge is 0.224 e. The van der Waals surface area contributed by atoms with Crippen LogP contribution in [0.25, 0.3) is 0 Å². The van der Waals surface area contributed by atoms with E-state index in [-0.39, 0.29) is 0 Å². The van der Waals surface area contributed by atoms with Gasteiger partial charge in [-0.1, -0.05) is 0 Å². The quantitative estimate of drug-likeness (QED) is 0.421. The van der Waals surface area contributed by atoms with E-state index < -0.39 is 0 Å². The Morgan fingerprint density at radius 2 is 2.25 bits per heavy atom. The SMILES string of the molecule is CN=S=S. The molecular formula is CH3NS2. The summed E-state index contributed by atoms with van der Waals surface area (Å²) in [5.41, 5.74) is 0. The van der Waals surface area contributed by atoms with E-state index in [0.717, 1.165) is 10.1 Å². The number of hydrogen-bond acceptors (Lipinski definition) is 2. The second kappa shape index (κ2) is 3.24. The van der Waals surface area contributed by atoms with E-state index in [4.69, 9.17) is 0 Å². The van der Waals surface area contributed by atoms with E-state index in [9.17, 15) is 0 Å². The maximum Gasteiger partial charge on any atom is 0.0409 e. The van der Waals surface area contributed by atoms with Gasteiger partial charge < -0.3 is 0 Å². The second-order valence-electron chi connectivity index (χ2n) is 0.257. The van der Waals surface area contributed by atoms with Crippen LogP contribution in [0.15, 0.2) is 4.36 Å². The van der Waals surface area contributed by atoms with Crippen LogP contribution in [0.3, 0.4) is 0 Å². The highest BCUT2D eigenvalue weighted by Crippen LogP contribution is 1.34. The molecule has 0 aliphatic carbocycles. The highest BCUT2D eigenvalue weighted by atomic mass is 32.8. The molecule has 0 unspecified atom stereocenters. The minimum atomic E-state index is 1.06. The first-order valence-electron chi connectivity index (χ1n) is 0.796. The third-order valence-corrected chi connectivity index (χ3v) is 0.671. The number of nitrogens with zero attached hydrogens (tertiary/aromatic N) is 1. The lowest BCUT2D eigenvalue weighted by molar-refractivity contribution is 1.53. The Kier molecular flexibility index (Phi) is 3.43. The third kappa shape index (κ3) is 2.24. The summed E-state index contributed by atoms with van der Waals surface area (Å²) in [5, 5.41) is 0. The topological polar surface area (TPSA) is 12.4 Å². The van der Waals surface area contributed by atoms with Gasteiger partial charge in [0.2, 0.25) is 0 Å². The van der Waals surface area contributed by atoms with Gasteiger partial charge in [-0.15, -0.1) is 0 Å². The molecule has 3 heteroatoms. The highest BCUT2D eigenvalue weighted by molar-refractivity contribution is 8.12. The molecule has 0 N–H and O–H groups in total. The summed E-state index contributed by atoms with van der Waals surface area (Å²) in [7, 11) is 2.73. The molecular weight excluding hydrogens is 90.2 g/mol. The van der Waals surface area contributed by atoms with Crippen LogP contribution in [0, 0.1) is 0 Å². The van der Waals surface area contributed by atoms with Crippen molar-refractivity contribution in [3.8, 4) is 0 Å². The first-order chi connectivity index (χ1) is 1.91. The first-order valence-corrected chi connectivity index (χ1v) is 2.49. The molecule has 24 valence electrons. The molecule has 0 rings (SSSR count). The van der Waals surface area contributed by atoms with Crippen molar-refractivity contribution in [2.24, 2.45) is 4.36 Å². The molecule has 0 aromatic rings. The molecule has 0 fully saturated rings. The molecule has 0 spiro atoms. The molecule has 0 aromatic heterocycles. The van der Waals surface area contributed by atoms with Crippen molar-refractivity contribution in [3.05, 3.63) is 0 Å². The first kappa shape index (κ1) is 4.24. The van der Waals surface area contributed by atoms with E-state index in [0.29, 0.717) is 0 Å². The Morgan fingerprint density at radius 3 is 2.25 bits per heavy atom. The van der Waals surface area contributed by atoms with Gasteiger partial charge in [0.1, 0.15) is 0 Å². The van der Waals surface area contributed by atoms with Crippen LogP contribution >= 0.6 is 0 Å². The van der Waals surface area contributed by atoms with Gasteiger partial charge in [0.05, 0.1) is 0 Å². The lowest BCUT2D eigenvalue weighted by atomic mass is 11.6. The standard InChI is InChI=1S/CH3NS2/c1-2-4-3/h1H3. The van der Waals surface area contributed by atoms with E-state index in [1.165, 1.54) is 0 Å². The summed E-state index contributed by atoms with van der Waals surface area (Å²) < 4.78 is 3.47. The molecule has 0 amide bonds. The van der Waals surface area contributed by atoms with Gasteiger partial charge in [0.15, 0.2) is 0 Å². The van der Waals surface area contributed by atoms with Crippen LogP contribution in [0.5, 0.6) is 0 Å². The molecule has 0 aromatic carbocycles. The van der Waals surface area contributed by atoms with Gasteiger partial charge in [-0.2, -0.15) is 0 Å². The van der Waals surface area contributed by atoms with Crippen LogP contribution in [-0.2, 0) is 21.3 Å². The molecule has 0 aliphatic rings. The fraction of sp³-hybridized carbons (Fsp3) is 1.00. The van der Waals surface area contributed by atoms with Crippen molar-refractivity contribution in [1.82, 2.24) is 0 Å². The second-order valence-corrected chi connectivity index (χ2v) is 1.22. The van der Waals surface area contributed by atoms with Crippen LogP contribution in [0.1, 0.15) is 0 Å². The van der Waals surface area contributed by atoms with Crippen molar-refractivity contribution in [3.63, 3.8) is 0 Å². The minimum absolute atomic E-state index is 1.06. The smallest absolute Gasteiger partial charge is 0.0409 e. The Bertz CT molecular complexity index is 44.0. The van der Waals surface area contributed by atoms with Crippen LogP contribution in [0.4, 0.5) is 0 Å². The normalized spacial score (nSPS) is 5.25. The Morgan fingerprint density at radius 1 is 2.00 bits per heavy atom. The lowest BCUT2D eigenvalue weighted by Crippen LogP contribution is -1.29. The lowest BCUT2D eigenvalue weighted by Gasteiger charge is -1.39. The van der Waals surface area contributed by atoms with Crippen molar-refractivity contribution in [2.45, 2.75) is 0 Å². The van der Waals surface area contributed by atoms with Crippen molar-refractivity contribution >= 4 is 21.3 Å². The summed E-state index contributed by atoms with van der Waals surface area (Å²) in [5.74, 6) is 0. The summed E-state index contributed by atoms with van der Waals surface area (Å²) in [4.78, 5) is 0. The zero-order valence-electron chi connectivity index (χ0n) is 2.26. The highest BCUT2D eigenvalue weighted by Gasteiger charge is 1.24. The van der Waals surface area contributed by atoms with Gasteiger partial charge >= 0.3 is 0 Å². The molecule has 0 saturated heterocycles. The maximum absolute atomic E-state index is 4.30. The fourth-order valence-electron chi connectivity index (χ4n) is 0. The average Bonchev–Trinajstić information content (AvgIpc) is 1.37. The van der Waals surface area contributed by atoms with Crippen molar-refractivity contribution < 1.29 is 0 Å². The Balaban J connectivity index is 3.11. The average molecular weight is 93.2 g/mol. The zero-order chi connectivity index (χ0) is 3.41. The predicted octanol–water partition coefficient (Wildman–Crippen LogP) is 0.344. The molecule has 0 saturated carbocycles. The van der Waals surface area contributed by atoms with Crippen molar-refractivity contribution in [2.75, 3.05) is 7.05 Å². The molecule has 4 heavy (non-hydrogen) atoms. The zero-order valence-corrected chi connectivity index (χ0v) is 3.90. The van der Waals surface area contributed by atoms with Crippen LogP contribution < -0.4 is 0 Å². The van der Waals surface area contributed by atoms with E-state index in [2.05, 4.69) is 15.6 Å². The van der Waals surface area contributed by atoms with Crippen molar-refractivity contribution in [1.29, 1.82) is 0 Å². The van der Waals surface area contributed by atoms with Crippen LogP contribution in [0.2, 0.25) is 0 Å². The molecule has 1 nitrogen and oxygen atoms in total. The molecule has 0 aliphatic heterocycles. The van der Waals surface area contributed by atoms with Crippen LogP contribution in [-0.4, -0.2) is 7.05 Å². The van der Waals surface area contributed by atoms with Gasteiger partial charge in [-0.25, -0.2) is 4.36 Å². The summed E-state index contributed by atoms with van der Waals surface area (Å²) in [6, 6.07) is 0. The van der Waals surface area contributed by atoms with E-state index in [1.807, 2.05) is 0 Å². The van der Waals surface area contributed by atoms with Gasteiger partial charge in [0, 0.05) is 28.4 Å². The predicted molar refractivity (Wildman–Crippen MR) is 23.1 cm³/mol. The third-order valence-electron chi connectivity index (χ3n) is 0.0745. The number of rotatable bonds is 0. The number of hydrogen-bond donors (Lipinski definition) is 0. The Hall–Kier alpha value is 0.240. The minimum Gasteiger partial charge on any atom is -0.224 e.